The first-order chi connectivity index (χ1) is 15.4. The molecule has 0 aromatic heterocycles. The highest BCUT2D eigenvalue weighted by molar-refractivity contribution is 7.88. The Kier molecular flexibility index (Phi) is 7.28. The number of carbonyl (C=O) groups is 1. The summed E-state index contributed by atoms with van der Waals surface area (Å²) in [6, 6.07) is 19.6. The molecule has 1 aliphatic carbocycles. The summed E-state index contributed by atoms with van der Waals surface area (Å²) in [5, 5.41) is 0. The Balaban J connectivity index is 1.39. The zero-order valence-electron chi connectivity index (χ0n) is 18.5. The van der Waals surface area contributed by atoms with E-state index in [-0.39, 0.29) is 24.5 Å². The quantitative estimate of drug-likeness (QED) is 0.660. The molecule has 1 saturated heterocycles. The van der Waals surface area contributed by atoms with Gasteiger partial charge in [-0.2, -0.15) is 0 Å². The Hall–Kier alpha value is -2.22. The van der Waals surface area contributed by atoms with Gasteiger partial charge < -0.3 is 9.64 Å². The Bertz CT molecular complexity index is 989. The van der Waals surface area contributed by atoms with Crippen molar-refractivity contribution in [1.29, 1.82) is 0 Å². The average Bonchev–Trinajstić information content (AvgIpc) is 3.06. The molecule has 0 radical (unpaired) electrons. The lowest BCUT2D eigenvalue weighted by molar-refractivity contribution is -0.130. The van der Waals surface area contributed by atoms with E-state index in [0.29, 0.717) is 19.1 Å². The predicted molar refractivity (Wildman–Crippen MR) is 125 cm³/mol. The number of ether oxygens (including phenoxy) is 1. The number of amides is 1. The van der Waals surface area contributed by atoms with Gasteiger partial charge in [0.15, 0.2) is 0 Å². The summed E-state index contributed by atoms with van der Waals surface area (Å²) < 4.78 is 32.7. The lowest BCUT2D eigenvalue weighted by Gasteiger charge is -2.33. The summed E-state index contributed by atoms with van der Waals surface area (Å²) in [6.45, 7) is 0.794. The van der Waals surface area contributed by atoms with Crippen LogP contribution in [0.15, 0.2) is 60.7 Å². The number of hydrogen-bond donors (Lipinski definition) is 1. The van der Waals surface area contributed by atoms with Crippen molar-refractivity contribution in [3.8, 4) is 0 Å². The molecule has 32 heavy (non-hydrogen) atoms. The second kappa shape index (κ2) is 10.1. The molecular formula is C25H32N2O4S. The molecule has 1 N–H and O–H groups in total. The number of nitrogens with one attached hydrogen (secondary N) is 1. The summed E-state index contributed by atoms with van der Waals surface area (Å²) in [4.78, 5) is 14.5. The minimum Gasteiger partial charge on any atom is -0.376 e. The molecule has 2 aromatic rings. The molecule has 2 fully saturated rings. The summed E-state index contributed by atoms with van der Waals surface area (Å²) in [5.74, 6) is 0.523. The molecule has 1 amide bonds. The van der Waals surface area contributed by atoms with Gasteiger partial charge in [-0.3, -0.25) is 4.79 Å². The van der Waals surface area contributed by atoms with Gasteiger partial charge in [-0.15, -0.1) is 0 Å². The van der Waals surface area contributed by atoms with Gasteiger partial charge in [-0.05, 0) is 42.7 Å². The van der Waals surface area contributed by atoms with E-state index in [1.54, 1.807) is 4.90 Å². The largest absolute Gasteiger partial charge is 0.376 e. The van der Waals surface area contributed by atoms with E-state index in [0.717, 1.165) is 37.5 Å². The number of carbonyl (C=O) groups excluding carboxylic acids is 1. The van der Waals surface area contributed by atoms with E-state index in [1.807, 2.05) is 36.4 Å². The zero-order chi connectivity index (χ0) is 22.6. The fourth-order valence-electron chi connectivity index (χ4n) is 4.95. The van der Waals surface area contributed by atoms with Gasteiger partial charge in [0.25, 0.3) is 0 Å². The normalized spacial score (nSPS) is 26.4. The minimum atomic E-state index is -3.43. The third-order valence-electron chi connectivity index (χ3n) is 6.59. The van der Waals surface area contributed by atoms with Crippen LogP contribution < -0.4 is 4.72 Å². The molecule has 0 bridgehead atoms. The van der Waals surface area contributed by atoms with Crippen LogP contribution in [-0.4, -0.2) is 50.3 Å². The Labute approximate surface area is 191 Å². The fraction of sp³-hybridized carbons (Fsp3) is 0.480. The molecule has 172 valence electrons. The standard InChI is InChI=1S/C25H32N2O4S/c1-32(29,30)26-23-16-25(28)27(17-19-8-4-2-5-9-19)24(23)18-31-22-14-12-21(13-15-22)20-10-6-3-7-11-20/h2-11,21-24,26H,12-18H2,1H3/t21?,22?,23-,24-/m1/s1. The first-order valence-corrected chi connectivity index (χ1v) is 13.3. The maximum atomic E-state index is 12.8. The van der Waals surface area contributed by atoms with Gasteiger partial charge >= 0.3 is 0 Å². The SMILES string of the molecule is CS(=O)(=O)N[C@@H]1CC(=O)N(Cc2ccccc2)[C@@H]1COC1CCC(c2ccccc2)CC1. The lowest BCUT2D eigenvalue weighted by Crippen LogP contribution is -2.47. The van der Waals surface area contributed by atoms with Crippen LogP contribution in [-0.2, 0) is 26.1 Å². The van der Waals surface area contributed by atoms with Crippen LogP contribution in [0.4, 0.5) is 0 Å². The molecule has 6 nitrogen and oxygen atoms in total. The van der Waals surface area contributed by atoms with Crippen LogP contribution >= 0.6 is 0 Å². The van der Waals surface area contributed by atoms with Crippen molar-refractivity contribution >= 4 is 15.9 Å². The van der Waals surface area contributed by atoms with Crippen LogP contribution in [0.25, 0.3) is 0 Å². The van der Waals surface area contributed by atoms with Crippen molar-refractivity contribution in [2.24, 2.45) is 0 Å². The molecule has 1 heterocycles. The van der Waals surface area contributed by atoms with E-state index in [1.165, 1.54) is 5.56 Å². The number of likely N-dealkylation sites (tertiary alicyclic amines) is 1. The highest BCUT2D eigenvalue weighted by Crippen LogP contribution is 2.34. The van der Waals surface area contributed by atoms with E-state index >= 15 is 0 Å². The van der Waals surface area contributed by atoms with Crippen LogP contribution in [0.1, 0.15) is 49.1 Å². The molecule has 0 spiro atoms. The van der Waals surface area contributed by atoms with Crippen molar-refractivity contribution in [1.82, 2.24) is 9.62 Å². The highest BCUT2D eigenvalue weighted by atomic mass is 32.2. The molecule has 2 aromatic carbocycles. The van der Waals surface area contributed by atoms with E-state index < -0.39 is 16.1 Å². The molecule has 2 atom stereocenters. The van der Waals surface area contributed by atoms with Crippen LogP contribution in [0.5, 0.6) is 0 Å². The minimum absolute atomic E-state index is 0.0450. The van der Waals surface area contributed by atoms with Crippen molar-refractivity contribution in [3.63, 3.8) is 0 Å². The summed E-state index contributed by atoms with van der Waals surface area (Å²) >= 11 is 0. The zero-order valence-corrected chi connectivity index (χ0v) is 19.3. The van der Waals surface area contributed by atoms with Gasteiger partial charge in [0.1, 0.15) is 0 Å². The average molecular weight is 457 g/mol. The molecule has 1 aliphatic heterocycles. The van der Waals surface area contributed by atoms with Crippen LogP contribution in [0.2, 0.25) is 0 Å². The monoisotopic (exact) mass is 456 g/mol. The lowest BCUT2D eigenvalue weighted by atomic mass is 9.83. The van der Waals surface area contributed by atoms with Crippen molar-refractivity contribution in [2.45, 2.75) is 62.8 Å². The van der Waals surface area contributed by atoms with E-state index in [4.69, 9.17) is 4.74 Å². The molecule has 2 aliphatic rings. The summed E-state index contributed by atoms with van der Waals surface area (Å²) in [6.07, 6.45) is 5.55. The maximum Gasteiger partial charge on any atom is 0.224 e. The van der Waals surface area contributed by atoms with Gasteiger partial charge in [0.05, 0.1) is 31.1 Å². The predicted octanol–water partition coefficient (Wildman–Crippen LogP) is 3.45. The molecule has 0 unspecified atom stereocenters. The Morgan fingerprint density at radius 2 is 1.59 bits per heavy atom. The number of benzene rings is 2. The van der Waals surface area contributed by atoms with Crippen LogP contribution in [0.3, 0.4) is 0 Å². The number of nitrogens with zero attached hydrogens (tertiary/aromatic N) is 1. The first kappa shape index (κ1) is 23.0. The van der Waals surface area contributed by atoms with Gasteiger partial charge in [0.2, 0.25) is 15.9 Å². The number of sulfonamides is 1. The third kappa shape index (κ3) is 5.97. The Morgan fingerprint density at radius 1 is 0.969 bits per heavy atom. The van der Waals surface area contributed by atoms with E-state index in [9.17, 15) is 13.2 Å². The highest BCUT2D eigenvalue weighted by Gasteiger charge is 2.41. The fourth-order valence-corrected chi connectivity index (χ4v) is 5.74. The summed E-state index contributed by atoms with van der Waals surface area (Å²) in [5.41, 5.74) is 2.41. The molecule has 4 rings (SSSR count). The van der Waals surface area contributed by atoms with Gasteiger partial charge in [-0.1, -0.05) is 60.7 Å². The van der Waals surface area contributed by atoms with Crippen molar-refractivity contribution in [3.05, 3.63) is 71.8 Å². The van der Waals surface area contributed by atoms with Crippen LogP contribution in [0, 0.1) is 0 Å². The third-order valence-corrected chi connectivity index (χ3v) is 7.32. The smallest absolute Gasteiger partial charge is 0.224 e. The van der Waals surface area contributed by atoms with Crippen molar-refractivity contribution in [2.75, 3.05) is 12.9 Å². The summed E-state index contributed by atoms with van der Waals surface area (Å²) in [7, 11) is -3.43. The second-order valence-corrected chi connectivity index (χ2v) is 10.8. The first-order valence-electron chi connectivity index (χ1n) is 11.4. The number of rotatable bonds is 8. The van der Waals surface area contributed by atoms with Gasteiger partial charge in [-0.25, -0.2) is 13.1 Å². The van der Waals surface area contributed by atoms with E-state index in [2.05, 4.69) is 29.0 Å². The second-order valence-electron chi connectivity index (χ2n) is 8.99. The van der Waals surface area contributed by atoms with Crippen molar-refractivity contribution < 1.29 is 17.9 Å². The topological polar surface area (TPSA) is 75.7 Å². The molecular weight excluding hydrogens is 424 g/mol. The molecule has 1 saturated carbocycles. The maximum absolute atomic E-state index is 12.8. The number of hydrogen-bond acceptors (Lipinski definition) is 4. The van der Waals surface area contributed by atoms with Gasteiger partial charge in [0, 0.05) is 13.0 Å². The Morgan fingerprint density at radius 3 is 2.22 bits per heavy atom. The molecule has 7 heteroatoms.